The zero-order chi connectivity index (χ0) is 21.6. The molecule has 2 aliphatic rings. The van der Waals surface area contributed by atoms with Crippen LogP contribution in [-0.4, -0.2) is 33.4 Å². The number of aromatic nitrogens is 2. The molecule has 1 aromatic carbocycles. The smallest absolute Gasteiger partial charge is 0.246 e. The van der Waals surface area contributed by atoms with Crippen LogP contribution < -0.4 is 5.32 Å². The lowest BCUT2D eigenvalue weighted by molar-refractivity contribution is -0.128. The summed E-state index contributed by atoms with van der Waals surface area (Å²) in [7, 11) is 0. The van der Waals surface area contributed by atoms with Gasteiger partial charge in [-0.25, -0.2) is 4.39 Å². The number of nitrogens with zero attached hydrogens (tertiary/aromatic N) is 3. The number of rotatable bonds is 8. The molecule has 7 nitrogen and oxygen atoms in total. The zero-order valence-electron chi connectivity index (χ0n) is 17.7. The van der Waals surface area contributed by atoms with Crippen LogP contribution in [0, 0.1) is 11.7 Å². The minimum Gasteiger partial charge on any atom is -0.347 e. The second-order valence-corrected chi connectivity index (χ2v) is 8.67. The average molecular weight is 429 g/mol. The predicted octanol–water partition coefficient (Wildman–Crippen LogP) is 3.70. The zero-order valence-corrected chi connectivity index (χ0v) is 17.7. The number of hydrogen-bond donors (Lipinski definition) is 1. The fourth-order valence-electron chi connectivity index (χ4n) is 4.49. The van der Waals surface area contributed by atoms with Crippen molar-refractivity contribution in [1.29, 1.82) is 0 Å². The highest BCUT2D eigenvalue weighted by Crippen LogP contribution is 2.28. The standard InChI is InChI=1S/C23H29FN4O3/c24-19-9-6-17(7-10-19)14-28-15-18(12-22(28)30)23-26-21(31-27-23)13-25-20(29)11-8-16-4-2-1-3-5-16/h6-7,9-10,16,18H,1-5,8,11-15H2,(H,25,29)/t18-/m1/s1. The molecule has 1 aliphatic heterocycles. The molecule has 31 heavy (non-hydrogen) atoms. The van der Waals surface area contributed by atoms with E-state index in [1.165, 1.54) is 44.2 Å². The van der Waals surface area contributed by atoms with E-state index in [9.17, 15) is 14.0 Å². The second-order valence-electron chi connectivity index (χ2n) is 8.67. The summed E-state index contributed by atoms with van der Waals surface area (Å²) in [5, 5.41) is 6.87. The van der Waals surface area contributed by atoms with Crippen LogP contribution in [0.5, 0.6) is 0 Å². The van der Waals surface area contributed by atoms with E-state index in [4.69, 9.17) is 4.52 Å². The van der Waals surface area contributed by atoms with E-state index >= 15 is 0 Å². The Morgan fingerprint density at radius 1 is 1.19 bits per heavy atom. The molecule has 1 atom stereocenters. The summed E-state index contributed by atoms with van der Waals surface area (Å²) in [6, 6.07) is 6.14. The number of halogens is 1. The van der Waals surface area contributed by atoms with E-state index in [-0.39, 0.29) is 30.1 Å². The van der Waals surface area contributed by atoms with Crippen molar-refractivity contribution < 1.29 is 18.5 Å². The molecule has 1 aliphatic carbocycles. The third kappa shape index (κ3) is 5.89. The van der Waals surface area contributed by atoms with Crippen LogP contribution in [0.4, 0.5) is 4.39 Å². The van der Waals surface area contributed by atoms with Gasteiger partial charge < -0.3 is 14.7 Å². The molecule has 8 heteroatoms. The molecular formula is C23H29FN4O3. The monoisotopic (exact) mass is 428 g/mol. The number of nitrogens with one attached hydrogen (secondary N) is 1. The van der Waals surface area contributed by atoms with Gasteiger partial charge in [-0.15, -0.1) is 0 Å². The molecule has 2 aromatic rings. The quantitative estimate of drug-likeness (QED) is 0.693. The van der Waals surface area contributed by atoms with E-state index in [2.05, 4.69) is 15.5 Å². The molecule has 166 valence electrons. The number of hydrogen-bond acceptors (Lipinski definition) is 5. The fourth-order valence-corrected chi connectivity index (χ4v) is 4.49. The van der Waals surface area contributed by atoms with Gasteiger partial charge in [-0.3, -0.25) is 9.59 Å². The molecule has 0 bridgehead atoms. The van der Waals surface area contributed by atoms with Crippen molar-refractivity contribution in [3.05, 3.63) is 47.4 Å². The van der Waals surface area contributed by atoms with Crippen molar-refractivity contribution in [2.75, 3.05) is 6.54 Å². The largest absolute Gasteiger partial charge is 0.347 e. The van der Waals surface area contributed by atoms with Gasteiger partial charge in [-0.05, 0) is 30.0 Å². The second kappa shape index (κ2) is 10.0. The van der Waals surface area contributed by atoms with Crippen LogP contribution in [0.2, 0.25) is 0 Å². The Labute approximate surface area is 181 Å². The first-order chi connectivity index (χ1) is 15.1. The highest BCUT2D eigenvalue weighted by atomic mass is 19.1. The van der Waals surface area contributed by atoms with Crippen molar-refractivity contribution in [1.82, 2.24) is 20.4 Å². The molecular weight excluding hydrogens is 399 g/mol. The van der Waals surface area contributed by atoms with Crippen molar-refractivity contribution in [3.8, 4) is 0 Å². The Morgan fingerprint density at radius 3 is 2.74 bits per heavy atom. The minimum atomic E-state index is -0.297. The van der Waals surface area contributed by atoms with Crippen LogP contribution >= 0.6 is 0 Å². The van der Waals surface area contributed by atoms with Crippen molar-refractivity contribution >= 4 is 11.8 Å². The number of carbonyl (C=O) groups is 2. The molecule has 2 amide bonds. The van der Waals surface area contributed by atoms with Gasteiger partial charge in [0.2, 0.25) is 17.7 Å². The first-order valence-electron chi connectivity index (χ1n) is 11.2. The Bertz CT molecular complexity index is 892. The van der Waals surface area contributed by atoms with Crippen molar-refractivity contribution in [2.45, 2.75) is 70.4 Å². The SMILES string of the molecule is O=C(CCC1CCCCC1)NCc1nc([C@@H]2CC(=O)N(Cc3ccc(F)cc3)C2)no1. The van der Waals surface area contributed by atoms with Crippen LogP contribution in [0.3, 0.4) is 0 Å². The summed E-state index contributed by atoms with van der Waals surface area (Å²) >= 11 is 0. The van der Waals surface area contributed by atoms with E-state index in [0.717, 1.165) is 12.0 Å². The van der Waals surface area contributed by atoms with Gasteiger partial charge in [0.1, 0.15) is 5.82 Å². The third-order valence-corrected chi connectivity index (χ3v) is 6.29. The van der Waals surface area contributed by atoms with Gasteiger partial charge in [-0.2, -0.15) is 4.98 Å². The molecule has 2 heterocycles. The van der Waals surface area contributed by atoms with Crippen LogP contribution in [0.25, 0.3) is 0 Å². The molecule has 1 N–H and O–H groups in total. The number of benzene rings is 1. The van der Waals surface area contributed by atoms with Gasteiger partial charge >= 0.3 is 0 Å². The maximum atomic E-state index is 13.1. The van der Waals surface area contributed by atoms with E-state index in [0.29, 0.717) is 43.6 Å². The first kappa shape index (κ1) is 21.5. The lowest BCUT2D eigenvalue weighted by Gasteiger charge is -2.20. The predicted molar refractivity (Wildman–Crippen MR) is 111 cm³/mol. The molecule has 1 aromatic heterocycles. The third-order valence-electron chi connectivity index (χ3n) is 6.29. The molecule has 0 unspecified atom stereocenters. The summed E-state index contributed by atoms with van der Waals surface area (Å²) in [6.07, 6.45) is 8.13. The van der Waals surface area contributed by atoms with Gasteiger partial charge in [0.25, 0.3) is 0 Å². The topological polar surface area (TPSA) is 88.3 Å². The molecule has 1 saturated heterocycles. The summed E-state index contributed by atoms with van der Waals surface area (Å²) in [5.74, 6) is 1.09. The van der Waals surface area contributed by atoms with Gasteiger partial charge in [0.05, 0.1) is 6.54 Å². The normalized spacial score (nSPS) is 19.7. The Morgan fingerprint density at radius 2 is 1.97 bits per heavy atom. The number of carbonyl (C=O) groups excluding carboxylic acids is 2. The lowest BCUT2D eigenvalue weighted by atomic mass is 9.86. The molecule has 0 radical (unpaired) electrons. The fraction of sp³-hybridized carbons (Fsp3) is 0.565. The number of likely N-dealkylation sites (tertiary alicyclic amines) is 1. The first-order valence-corrected chi connectivity index (χ1v) is 11.2. The van der Waals surface area contributed by atoms with E-state index < -0.39 is 0 Å². The Hall–Kier alpha value is -2.77. The van der Waals surface area contributed by atoms with Crippen molar-refractivity contribution in [3.63, 3.8) is 0 Å². The van der Waals surface area contributed by atoms with Gasteiger partial charge in [-0.1, -0.05) is 49.4 Å². The maximum Gasteiger partial charge on any atom is 0.246 e. The maximum absolute atomic E-state index is 13.1. The van der Waals surface area contributed by atoms with Gasteiger partial charge in [0.15, 0.2) is 5.82 Å². The minimum absolute atomic E-state index is 0.00633. The van der Waals surface area contributed by atoms with Gasteiger partial charge in [0, 0.05) is 31.8 Å². The Balaban J connectivity index is 1.23. The average Bonchev–Trinajstić information content (AvgIpc) is 3.40. The van der Waals surface area contributed by atoms with Crippen LogP contribution in [0.15, 0.2) is 28.8 Å². The summed E-state index contributed by atoms with van der Waals surface area (Å²) in [4.78, 5) is 30.6. The lowest BCUT2D eigenvalue weighted by Crippen LogP contribution is -2.24. The van der Waals surface area contributed by atoms with E-state index in [1.54, 1.807) is 17.0 Å². The Kier molecular flexibility index (Phi) is 6.94. The summed E-state index contributed by atoms with van der Waals surface area (Å²) in [6.45, 7) is 1.12. The van der Waals surface area contributed by atoms with E-state index in [1.807, 2.05) is 0 Å². The molecule has 1 saturated carbocycles. The van der Waals surface area contributed by atoms with Crippen LogP contribution in [-0.2, 0) is 22.7 Å². The molecule has 4 rings (SSSR count). The van der Waals surface area contributed by atoms with Crippen molar-refractivity contribution in [2.24, 2.45) is 5.92 Å². The highest BCUT2D eigenvalue weighted by Gasteiger charge is 2.33. The van der Waals surface area contributed by atoms with Crippen LogP contribution in [0.1, 0.15) is 74.6 Å². The molecule has 2 fully saturated rings. The summed E-state index contributed by atoms with van der Waals surface area (Å²) in [5.41, 5.74) is 0.875. The highest BCUT2D eigenvalue weighted by molar-refractivity contribution is 5.79. The molecule has 0 spiro atoms. The number of amides is 2. The summed E-state index contributed by atoms with van der Waals surface area (Å²) < 4.78 is 18.3.